The van der Waals surface area contributed by atoms with Crippen molar-refractivity contribution in [2.24, 2.45) is 0 Å². The van der Waals surface area contributed by atoms with Gasteiger partial charge in [-0.15, -0.1) is 11.3 Å². The molecule has 1 amide bonds. The van der Waals surface area contributed by atoms with Gasteiger partial charge in [-0.2, -0.15) is 11.3 Å². The van der Waals surface area contributed by atoms with E-state index in [-0.39, 0.29) is 12.5 Å². The monoisotopic (exact) mass is 350 g/mol. The van der Waals surface area contributed by atoms with Crippen molar-refractivity contribution in [3.8, 4) is 10.6 Å². The van der Waals surface area contributed by atoms with E-state index in [0.717, 1.165) is 16.6 Å². The molecule has 1 aromatic carbocycles. The first-order chi connectivity index (χ1) is 11.1. The maximum absolute atomic E-state index is 13.1. The molecule has 0 aliphatic heterocycles. The first kappa shape index (κ1) is 15.8. The smallest absolute Gasteiger partial charge is 0.270 e. The third-order valence-electron chi connectivity index (χ3n) is 3.13. The Morgan fingerprint density at radius 1 is 1.17 bits per heavy atom. The minimum Gasteiger partial charge on any atom is -0.350 e. The maximum Gasteiger partial charge on any atom is 0.270 e. The van der Waals surface area contributed by atoms with Crippen LogP contribution < -0.4 is 5.32 Å². The molecule has 0 spiro atoms. The number of nitrogens with one attached hydrogen (secondary N) is 1. The van der Waals surface area contributed by atoms with Crippen LogP contribution in [-0.2, 0) is 6.42 Å². The number of aromatic nitrogens is 1. The zero-order chi connectivity index (χ0) is 16.2. The molecule has 118 valence electrons. The van der Waals surface area contributed by atoms with Crippen LogP contribution in [0, 0.1) is 11.6 Å². The van der Waals surface area contributed by atoms with Gasteiger partial charge in [-0.1, -0.05) is 0 Å². The van der Waals surface area contributed by atoms with Crippen LogP contribution in [-0.4, -0.2) is 17.4 Å². The lowest BCUT2D eigenvalue weighted by Gasteiger charge is -2.04. The summed E-state index contributed by atoms with van der Waals surface area (Å²) in [5.74, 6) is -1.53. The average molecular weight is 350 g/mol. The van der Waals surface area contributed by atoms with Crippen molar-refractivity contribution in [3.05, 3.63) is 63.3 Å². The number of rotatable bonds is 5. The van der Waals surface area contributed by atoms with E-state index in [1.54, 1.807) is 16.7 Å². The van der Waals surface area contributed by atoms with E-state index < -0.39 is 11.6 Å². The Morgan fingerprint density at radius 3 is 2.65 bits per heavy atom. The summed E-state index contributed by atoms with van der Waals surface area (Å²) < 4.78 is 26.2. The fourth-order valence-electron chi connectivity index (χ4n) is 2.06. The molecule has 3 rings (SSSR count). The molecular weight excluding hydrogens is 338 g/mol. The highest BCUT2D eigenvalue weighted by Crippen LogP contribution is 2.25. The molecule has 2 aromatic heterocycles. The summed E-state index contributed by atoms with van der Waals surface area (Å²) in [5.41, 5.74) is 1.84. The minimum atomic E-state index is -0.619. The van der Waals surface area contributed by atoms with Crippen molar-refractivity contribution >= 4 is 28.6 Å². The quantitative estimate of drug-likeness (QED) is 0.752. The molecule has 0 bridgehead atoms. The van der Waals surface area contributed by atoms with Crippen LogP contribution in [0.5, 0.6) is 0 Å². The largest absolute Gasteiger partial charge is 0.350 e. The second-order valence-electron chi connectivity index (χ2n) is 4.83. The number of carbonyl (C=O) groups is 1. The highest BCUT2D eigenvalue weighted by Gasteiger charge is 2.11. The van der Waals surface area contributed by atoms with Crippen molar-refractivity contribution in [2.75, 3.05) is 6.54 Å². The van der Waals surface area contributed by atoms with Gasteiger partial charge >= 0.3 is 0 Å². The highest BCUT2D eigenvalue weighted by atomic mass is 32.1. The predicted molar refractivity (Wildman–Crippen MR) is 87.8 cm³/mol. The number of benzene rings is 1. The molecule has 0 radical (unpaired) electrons. The zero-order valence-corrected chi connectivity index (χ0v) is 13.5. The molecule has 3 aromatic rings. The Morgan fingerprint density at radius 2 is 1.96 bits per heavy atom. The van der Waals surface area contributed by atoms with Crippen molar-refractivity contribution in [3.63, 3.8) is 0 Å². The van der Waals surface area contributed by atoms with Gasteiger partial charge in [-0.25, -0.2) is 13.8 Å². The van der Waals surface area contributed by atoms with Crippen molar-refractivity contribution in [2.45, 2.75) is 6.42 Å². The summed E-state index contributed by atoms with van der Waals surface area (Å²) in [4.78, 5) is 16.3. The molecule has 3 nitrogen and oxygen atoms in total. The average Bonchev–Trinajstić information content (AvgIpc) is 3.17. The van der Waals surface area contributed by atoms with E-state index in [9.17, 15) is 13.6 Å². The second-order valence-corrected chi connectivity index (χ2v) is 6.47. The summed E-state index contributed by atoms with van der Waals surface area (Å²) in [6, 6.07) is 5.28. The number of hydrogen-bond donors (Lipinski definition) is 1. The normalized spacial score (nSPS) is 10.7. The molecule has 2 heterocycles. The number of thiazole rings is 1. The first-order valence-electron chi connectivity index (χ1n) is 6.83. The standard InChI is InChI=1S/C16H12F2N2OS2/c17-12-5-10(6-13(18)7-12)1-3-19-15(21)14-9-23-16(20-14)11-2-4-22-8-11/h2,4-9H,1,3H2,(H,19,21). The molecule has 0 saturated heterocycles. The number of nitrogens with zero attached hydrogens (tertiary/aromatic N) is 1. The van der Waals surface area contributed by atoms with Crippen LogP contribution in [0.2, 0.25) is 0 Å². The Balaban J connectivity index is 1.57. The van der Waals surface area contributed by atoms with Gasteiger partial charge in [0.1, 0.15) is 22.3 Å². The Bertz CT molecular complexity index is 795. The zero-order valence-electron chi connectivity index (χ0n) is 11.9. The SMILES string of the molecule is O=C(NCCc1cc(F)cc(F)c1)c1csc(-c2ccsc2)n1. The Hall–Kier alpha value is -2.12. The van der Waals surface area contributed by atoms with Gasteiger partial charge in [-0.3, -0.25) is 4.79 Å². The van der Waals surface area contributed by atoms with Crippen LogP contribution in [0.25, 0.3) is 10.6 Å². The number of thiophene rings is 1. The number of carbonyl (C=O) groups excluding carboxylic acids is 1. The van der Waals surface area contributed by atoms with Gasteiger partial charge in [0.05, 0.1) is 0 Å². The summed E-state index contributed by atoms with van der Waals surface area (Å²) >= 11 is 2.98. The van der Waals surface area contributed by atoms with Crippen LogP contribution in [0.3, 0.4) is 0 Å². The van der Waals surface area contributed by atoms with E-state index in [1.165, 1.54) is 23.5 Å². The van der Waals surface area contributed by atoms with Gasteiger partial charge in [0.15, 0.2) is 0 Å². The molecule has 23 heavy (non-hydrogen) atoms. The molecule has 7 heteroatoms. The summed E-state index contributed by atoms with van der Waals surface area (Å²) in [6.45, 7) is 0.285. The van der Waals surface area contributed by atoms with Gasteiger partial charge in [-0.05, 0) is 35.6 Å². The van der Waals surface area contributed by atoms with E-state index in [0.29, 0.717) is 17.7 Å². The maximum atomic E-state index is 13.1. The van der Waals surface area contributed by atoms with Crippen molar-refractivity contribution in [1.82, 2.24) is 10.3 Å². The van der Waals surface area contributed by atoms with Crippen LogP contribution >= 0.6 is 22.7 Å². The Labute approximate surface area is 139 Å². The van der Waals surface area contributed by atoms with Crippen molar-refractivity contribution < 1.29 is 13.6 Å². The van der Waals surface area contributed by atoms with Crippen LogP contribution in [0.1, 0.15) is 16.1 Å². The molecule has 0 aliphatic rings. The summed E-state index contributed by atoms with van der Waals surface area (Å²) in [6.07, 6.45) is 0.349. The van der Waals surface area contributed by atoms with Crippen LogP contribution in [0.15, 0.2) is 40.4 Å². The lowest BCUT2D eigenvalue weighted by molar-refractivity contribution is 0.0950. The van der Waals surface area contributed by atoms with E-state index in [4.69, 9.17) is 0 Å². The lowest BCUT2D eigenvalue weighted by atomic mass is 10.1. The molecule has 1 N–H and O–H groups in total. The Kier molecular flexibility index (Phi) is 4.78. The van der Waals surface area contributed by atoms with E-state index in [2.05, 4.69) is 10.3 Å². The van der Waals surface area contributed by atoms with Gasteiger partial charge in [0.2, 0.25) is 0 Å². The molecule has 0 saturated carbocycles. The molecule has 0 aliphatic carbocycles. The second kappa shape index (κ2) is 6.97. The van der Waals surface area contributed by atoms with Gasteiger partial charge in [0.25, 0.3) is 5.91 Å². The lowest BCUT2D eigenvalue weighted by Crippen LogP contribution is -2.26. The highest BCUT2D eigenvalue weighted by molar-refractivity contribution is 7.14. The van der Waals surface area contributed by atoms with Gasteiger partial charge in [0, 0.05) is 28.9 Å². The molecule has 0 atom stereocenters. The fourth-order valence-corrected chi connectivity index (χ4v) is 3.58. The van der Waals surface area contributed by atoms with Crippen molar-refractivity contribution in [1.29, 1.82) is 0 Å². The number of amides is 1. The first-order valence-corrected chi connectivity index (χ1v) is 8.65. The van der Waals surface area contributed by atoms with Crippen LogP contribution in [0.4, 0.5) is 8.78 Å². The van der Waals surface area contributed by atoms with E-state index in [1.807, 2.05) is 16.8 Å². The predicted octanol–water partition coefficient (Wildman–Crippen LogP) is 4.12. The minimum absolute atomic E-state index is 0.285. The van der Waals surface area contributed by atoms with E-state index >= 15 is 0 Å². The fraction of sp³-hybridized carbons (Fsp3) is 0.125. The molecule has 0 fully saturated rings. The summed E-state index contributed by atoms with van der Waals surface area (Å²) in [7, 11) is 0. The number of hydrogen-bond acceptors (Lipinski definition) is 4. The van der Waals surface area contributed by atoms with Gasteiger partial charge < -0.3 is 5.32 Å². The molecule has 0 unspecified atom stereocenters. The third-order valence-corrected chi connectivity index (χ3v) is 4.70. The third kappa shape index (κ3) is 4.00. The summed E-state index contributed by atoms with van der Waals surface area (Å²) in [5, 5.41) is 9.13. The molecular formula is C16H12F2N2OS2. The number of halogens is 2. The topological polar surface area (TPSA) is 42.0 Å².